The average Bonchev–Trinajstić information content (AvgIpc) is 2.17. The fourth-order valence-corrected chi connectivity index (χ4v) is 1.15. The van der Waals surface area contributed by atoms with E-state index < -0.39 is 25.3 Å². The van der Waals surface area contributed by atoms with E-state index in [4.69, 9.17) is 9.84 Å². The third-order valence-corrected chi connectivity index (χ3v) is 1.89. The van der Waals surface area contributed by atoms with E-state index in [9.17, 15) is 13.2 Å². The monoisotopic (exact) mass is 221 g/mol. The van der Waals surface area contributed by atoms with Gasteiger partial charge in [-0.3, -0.25) is 0 Å². The summed E-state index contributed by atoms with van der Waals surface area (Å²) in [7, 11) is 0. The van der Waals surface area contributed by atoms with Gasteiger partial charge in [0.15, 0.2) is 6.10 Å². The smallest absolute Gasteiger partial charge is 0.425 e. The molecule has 0 aromatic heterocycles. The van der Waals surface area contributed by atoms with Gasteiger partial charge in [0.2, 0.25) is 0 Å². The molecule has 5 heteroatoms. The molecule has 1 aliphatic carbocycles. The summed E-state index contributed by atoms with van der Waals surface area (Å²) in [4.78, 5) is 0. The molecule has 1 atom stereocenters. The SMILES string of the molecule is OCC[C@@H](OC1=CC[CH]C=C1)C(F)(F)F. The van der Waals surface area contributed by atoms with E-state index in [2.05, 4.69) is 0 Å². The van der Waals surface area contributed by atoms with Crippen molar-refractivity contribution in [2.24, 2.45) is 0 Å². The predicted octanol–water partition coefficient (Wildman–Crippen LogP) is 2.36. The molecule has 0 aliphatic heterocycles. The van der Waals surface area contributed by atoms with Crippen molar-refractivity contribution in [2.75, 3.05) is 6.61 Å². The highest BCUT2D eigenvalue weighted by Crippen LogP contribution is 2.28. The predicted molar refractivity (Wildman–Crippen MR) is 48.8 cm³/mol. The summed E-state index contributed by atoms with van der Waals surface area (Å²) in [6.07, 6.45) is 0.224. The third kappa shape index (κ3) is 3.95. The van der Waals surface area contributed by atoms with Crippen LogP contribution in [0.5, 0.6) is 0 Å². The lowest BCUT2D eigenvalue weighted by atomic mass is 10.1. The van der Waals surface area contributed by atoms with Crippen molar-refractivity contribution in [3.8, 4) is 0 Å². The molecule has 15 heavy (non-hydrogen) atoms. The molecule has 0 fully saturated rings. The summed E-state index contributed by atoms with van der Waals surface area (Å²) in [5.74, 6) is 0.202. The van der Waals surface area contributed by atoms with E-state index in [1.54, 1.807) is 12.2 Å². The lowest BCUT2D eigenvalue weighted by Gasteiger charge is -2.22. The number of ether oxygens (including phenoxy) is 1. The third-order valence-electron chi connectivity index (χ3n) is 1.89. The van der Waals surface area contributed by atoms with Crippen molar-refractivity contribution in [3.63, 3.8) is 0 Å². The second-order valence-electron chi connectivity index (χ2n) is 3.10. The lowest BCUT2D eigenvalue weighted by Crippen LogP contribution is -2.32. The standard InChI is InChI=1S/C10H12F3O2/c11-10(12,13)9(6-7-14)15-8-4-2-1-3-5-8/h1-2,4-5,9,14H,3,6-7H2/t9-/m1/s1. The van der Waals surface area contributed by atoms with Gasteiger partial charge in [-0.25, -0.2) is 0 Å². The zero-order chi connectivity index (χ0) is 11.3. The number of rotatable bonds is 4. The van der Waals surface area contributed by atoms with Crippen molar-refractivity contribution in [3.05, 3.63) is 30.4 Å². The van der Waals surface area contributed by atoms with E-state index in [1.807, 2.05) is 6.42 Å². The maximum Gasteiger partial charge on any atom is 0.425 e. The van der Waals surface area contributed by atoms with Crippen LogP contribution in [0.25, 0.3) is 0 Å². The molecular weight excluding hydrogens is 209 g/mol. The van der Waals surface area contributed by atoms with Gasteiger partial charge in [0, 0.05) is 13.0 Å². The molecule has 0 saturated carbocycles. The highest BCUT2D eigenvalue weighted by atomic mass is 19.4. The van der Waals surface area contributed by atoms with Gasteiger partial charge in [-0.1, -0.05) is 6.08 Å². The van der Waals surface area contributed by atoms with Gasteiger partial charge in [-0.2, -0.15) is 13.2 Å². The minimum Gasteiger partial charge on any atom is -0.481 e. The fourth-order valence-electron chi connectivity index (χ4n) is 1.15. The number of hydrogen-bond acceptors (Lipinski definition) is 2. The number of aliphatic hydroxyl groups is 1. The van der Waals surface area contributed by atoms with E-state index in [0.29, 0.717) is 6.42 Å². The molecule has 0 aromatic carbocycles. The molecule has 1 radical (unpaired) electrons. The summed E-state index contributed by atoms with van der Waals surface area (Å²) >= 11 is 0. The molecule has 0 unspecified atom stereocenters. The zero-order valence-electron chi connectivity index (χ0n) is 8.00. The van der Waals surface area contributed by atoms with Crippen LogP contribution in [0.15, 0.2) is 24.0 Å². The van der Waals surface area contributed by atoms with Crippen LogP contribution in [0.3, 0.4) is 0 Å². The Labute approximate surface area is 86.0 Å². The molecule has 2 nitrogen and oxygen atoms in total. The van der Waals surface area contributed by atoms with Crippen LogP contribution < -0.4 is 0 Å². The van der Waals surface area contributed by atoms with Crippen molar-refractivity contribution in [1.29, 1.82) is 0 Å². The van der Waals surface area contributed by atoms with Gasteiger partial charge in [0.25, 0.3) is 0 Å². The Morgan fingerprint density at radius 3 is 2.67 bits per heavy atom. The fraction of sp³-hybridized carbons (Fsp3) is 0.500. The summed E-state index contributed by atoms with van der Waals surface area (Å²) in [5.41, 5.74) is 0. The van der Waals surface area contributed by atoms with E-state index in [1.165, 1.54) is 6.08 Å². The van der Waals surface area contributed by atoms with Crippen LogP contribution in [0.1, 0.15) is 12.8 Å². The van der Waals surface area contributed by atoms with Crippen LogP contribution in [0.4, 0.5) is 13.2 Å². The first-order chi connectivity index (χ1) is 7.04. The second kappa shape index (κ2) is 5.21. The van der Waals surface area contributed by atoms with Gasteiger partial charge in [-0.05, 0) is 25.0 Å². The normalized spacial score (nSPS) is 18.5. The number of halogens is 3. The molecule has 85 valence electrons. The quantitative estimate of drug-likeness (QED) is 0.789. The van der Waals surface area contributed by atoms with Crippen molar-refractivity contribution in [2.45, 2.75) is 25.1 Å². The number of allylic oxidation sites excluding steroid dienone is 3. The van der Waals surface area contributed by atoms with E-state index in [0.717, 1.165) is 0 Å². The number of alkyl halides is 3. The molecule has 0 heterocycles. The molecule has 0 bridgehead atoms. The van der Waals surface area contributed by atoms with Gasteiger partial charge in [-0.15, -0.1) is 0 Å². The van der Waals surface area contributed by atoms with Gasteiger partial charge in [0.1, 0.15) is 5.76 Å². The van der Waals surface area contributed by atoms with Crippen LogP contribution in [-0.2, 0) is 4.74 Å². The van der Waals surface area contributed by atoms with Gasteiger partial charge < -0.3 is 9.84 Å². The second-order valence-corrected chi connectivity index (χ2v) is 3.10. The zero-order valence-corrected chi connectivity index (χ0v) is 8.00. The largest absolute Gasteiger partial charge is 0.481 e. The molecule has 1 aliphatic rings. The summed E-state index contributed by atoms with van der Waals surface area (Å²) < 4.78 is 41.9. The Morgan fingerprint density at radius 2 is 2.20 bits per heavy atom. The minimum absolute atomic E-state index is 0.202. The highest BCUT2D eigenvalue weighted by molar-refractivity contribution is 5.21. The van der Waals surface area contributed by atoms with Crippen LogP contribution in [-0.4, -0.2) is 24.0 Å². The molecule has 0 amide bonds. The Morgan fingerprint density at radius 1 is 1.47 bits per heavy atom. The summed E-state index contributed by atoms with van der Waals surface area (Å²) in [6.45, 7) is -0.548. The minimum atomic E-state index is -4.45. The number of hydrogen-bond donors (Lipinski definition) is 1. The van der Waals surface area contributed by atoms with E-state index >= 15 is 0 Å². The van der Waals surface area contributed by atoms with Gasteiger partial charge >= 0.3 is 6.18 Å². The first kappa shape index (κ1) is 12.1. The maximum absolute atomic E-state index is 12.4. The first-order valence-electron chi connectivity index (χ1n) is 4.58. The van der Waals surface area contributed by atoms with Crippen LogP contribution in [0, 0.1) is 6.42 Å². The van der Waals surface area contributed by atoms with Crippen molar-refractivity contribution >= 4 is 0 Å². The Hall–Kier alpha value is -0.970. The van der Waals surface area contributed by atoms with Crippen LogP contribution in [0.2, 0.25) is 0 Å². The highest BCUT2D eigenvalue weighted by Gasteiger charge is 2.41. The first-order valence-corrected chi connectivity index (χ1v) is 4.58. The Balaban J connectivity index is 2.58. The average molecular weight is 221 g/mol. The Bertz CT molecular complexity index is 256. The molecule has 1 N–H and O–H groups in total. The van der Waals surface area contributed by atoms with Crippen LogP contribution >= 0.6 is 0 Å². The van der Waals surface area contributed by atoms with E-state index in [-0.39, 0.29) is 5.76 Å². The topological polar surface area (TPSA) is 29.5 Å². The molecule has 0 saturated heterocycles. The molecule has 0 aromatic rings. The van der Waals surface area contributed by atoms with Crippen molar-refractivity contribution in [1.82, 2.24) is 0 Å². The number of aliphatic hydroxyl groups excluding tert-OH is 1. The van der Waals surface area contributed by atoms with Crippen molar-refractivity contribution < 1.29 is 23.0 Å². The maximum atomic E-state index is 12.4. The summed E-state index contributed by atoms with van der Waals surface area (Å²) in [6, 6.07) is 0. The Kier molecular flexibility index (Phi) is 4.20. The molecule has 1 rings (SSSR count). The lowest BCUT2D eigenvalue weighted by molar-refractivity contribution is -0.212. The van der Waals surface area contributed by atoms with Gasteiger partial charge in [0.05, 0.1) is 0 Å². The summed E-state index contributed by atoms with van der Waals surface area (Å²) in [5, 5.41) is 8.51. The molecular formula is C10H12F3O2. The molecule has 0 spiro atoms.